The second kappa shape index (κ2) is 4.40. The van der Waals surface area contributed by atoms with Crippen LogP contribution in [0.1, 0.15) is 34.1 Å². The summed E-state index contributed by atoms with van der Waals surface area (Å²) in [5, 5.41) is 7.44. The van der Waals surface area contributed by atoms with Gasteiger partial charge < -0.3 is 4.74 Å². The molecule has 0 aromatic heterocycles. The minimum Gasteiger partial charge on any atom is -0.455 e. The summed E-state index contributed by atoms with van der Waals surface area (Å²) < 4.78 is 5.02. The summed E-state index contributed by atoms with van der Waals surface area (Å²) in [7, 11) is 0. The van der Waals surface area contributed by atoms with Crippen LogP contribution >= 0.6 is 0 Å². The molecule has 0 fully saturated rings. The van der Waals surface area contributed by atoms with E-state index in [1.54, 1.807) is 20.8 Å². The van der Waals surface area contributed by atoms with Gasteiger partial charge in [0.1, 0.15) is 11.3 Å². The average molecular weight is 184 g/mol. The van der Waals surface area contributed by atoms with Gasteiger partial charge in [0.05, 0.1) is 0 Å². The minimum absolute atomic E-state index is 0.0441. The lowest BCUT2D eigenvalue weighted by Crippen LogP contribution is -2.31. The molecule has 0 heterocycles. The zero-order valence-corrected chi connectivity index (χ0v) is 8.81. The highest BCUT2D eigenvalue weighted by atomic mass is 16.6. The van der Waals surface area contributed by atoms with Crippen molar-refractivity contribution in [3.8, 4) is 0 Å². The van der Waals surface area contributed by atoms with Gasteiger partial charge in [0.15, 0.2) is 0 Å². The van der Waals surface area contributed by atoms with Crippen molar-refractivity contribution < 1.29 is 9.53 Å². The van der Waals surface area contributed by atoms with Gasteiger partial charge in [-0.05, 0) is 34.1 Å². The van der Waals surface area contributed by atoms with Crippen molar-refractivity contribution in [1.29, 1.82) is 5.41 Å². The first-order valence-electron chi connectivity index (χ1n) is 4.42. The number of rotatable bonds is 3. The molecule has 0 rings (SSSR count). The number of esters is 1. The highest BCUT2D eigenvalue weighted by Crippen LogP contribution is 2.10. The molecular formula is C10H18NO2. The summed E-state index contributed by atoms with van der Waals surface area (Å²) in [6.45, 7) is 10.9. The summed E-state index contributed by atoms with van der Waals surface area (Å²) in [6.07, 6.45) is 0.679. The van der Waals surface area contributed by atoms with Gasteiger partial charge in [-0.25, -0.2) is 4.79 Å². The van der Waals surface area contributed by atoms with Gasteiger partial charge in [-0.15, -0.1) is 0 Å². The van der Waals surface area contributed by atoms with Crippen LogP contribution in [-0.2, 0) is 9.53 Å². The molecule has 13 heavy (non-hydrogen) atoms. The zero-order chi connectivity index (χ0) is 10.6. The van der Waals surface area contributed by atoms with E-state index in [4.69, 9.17) is 10.1 Å². The molecular weight excluding hydrogens is 166 g/mol. The first-order valence-corrected chi connectivity index (χ1v) is 4.42. The zero-order valence-electron chi connectivity index (χ0n) is 8.81. The predicted octanol–water partition coefficient (Wildman–Crippen LogP) is 2.21. The number of carbonyl (C=O) groups excluding carboxylic acids is 1. The van der Waals surface area contributed by atoms with Crippen LogP contribution in [0.15, 0.2) is 0 Å². The van der Waals surface area contributed by atoms with E-state index in [1.807, 2.05) is 6.92 Å². The number of carbonyl (C=O) groups is 1. The van der Waals surface area contributed by atoms with Crippen LogP contribution in [0.3, 0.4) is 0 Å². The quantitative estimate of drug-likeness (QED) is 0.540. The molecule has 0 aliphatic heterocycles. The maximum Gasteiger partial charge on any atom is 0.352 e. The fraction of sp³-hybridized carbons (Fsp3) is 0.700. The first kappa shape index (κ1) is 12.1. The Kier molecular flexibility index (Phi) is 4.11. The van der Waals surface area contributed by atoms with Gasteiger partial charge in [-0.3, -0.25) is 5.41 Å². The third-order valence-corrected chi connectivity index (χ3v) is 1.52. The Morgan fingerprint density at radius 3 is 2.31 bits per heavy atom. The van der Waals surface area contributed by atoms with Crippen LogP contribution in [0.4, 0.5) is 0 Å². The van der Waals surface area contributed by atoms with Crippen LogP contribution in [0.5, 0.6) is 0 Å². The van der Waals surface area contributed by atoms with Gasteiger partial charge in [0, 0.05) is 5.92 Å². The Morgan fingerprint density at radius 1 is 1.54 bits per heavy atom. The van der Waals surface area contributed by atoms with Gasteiger partial charge in [-0.1, -0.05) is 6.92 Å². The van der Waals surface area contributed by atoms with Crippen LogP contribution in [0.25, 0.3) is 0 Å². The molecule has 1 atom stereocenters. The molecule has 1 N–H and O–H groups in total. The molecule has 75 valence electrons. The Morgan fingerprint density at radius 2 is 2.00 bits per heavy atom. The van der Waals surface area contributed by atoms with E-state index in [0.29, 0.717) is 6.42 Å². The lowest BCUT2D eigenvalue weighted by atomic mass is 10.0. The van der Waals surface area contributed by atoms with Crippen molar-refractivity contribution in [2.45, 2.75) is 39.7 Å². The van der Waals surface area contributed by atoms with Gasteiger partial charge >= 0.3 is 5.97 Å². The number of hydrogen-bond donors (Lipinski definition) is 1. The Labute approximate surface area is 80.0 Å². The Bertz CT molecular complexity index is 203. The summed E-state index contributed by atoms with van der Waals surface area (Å²) in [5.74, 6) is -0.829. The summed E-state index contributed by atoms with van der Waals surface area (Å²) in [4.78, 5) is 11.3. The van der Waals surface area contributed by atoms with Gasteiger partial charge in [0.25, 0.3) is 0 Å². The maximum absolute atomic E-state index is 11.3. The van der Waals surface area contributed by atoms with Crippen molar-refractivity contribution in [2.24, 2.45) is 5.92 Å². The monoisotopic (exact) mass is 184 g/mol. The second-order valence-corrected chi connectivity index (χ2v) is 4.02. The van der Waals surface area contributed by atoms with Crippen LogP contribution in [0, 0.1) is 18.3 Å². The topological polar surface area (TPSA) is 50.2 Å². The average Bonchev–Trinajstić information content (AvgIpc) is 1.98. The van der Waals surface area contributed by atoms with Gasteiger partial charge in [-0.2, -0.15) is 0 Å². The van der Waals surface area contributed by atoms with Crippen LogP contribution in [-0.4, -0.2) is 17.3 Å². The SMILES string of the molecule is [CH2]C(CC)C(=N)C(=O)OC(C)(C)C. The minimum atomic E-state index is -0.561. The number of hydrogen-bond acceptors (Lipinski definition) is 3. The third-order valence-electron chi connectivity index (χ3n) is 1.52. The fourth-order valence-corrected chi connectivity index (χ4v) is 0.704. The van der Waals surface area contributed by atoms with Crippen molar-refractivity contribution in [2.75, 3.05) is 0 Å². The predicted molar refractivity (Wildman–Crippen MR) is 52.7 cm³/mol. The van der Waals surface area contributed by atoms with Crippen LogP contribution in [0.2, 0.25) is 0 Å². The summed E-state index contributed by atoms with van der Waals surface area (Å²) in [5.41, 5.74) is -0.575. The van der Waals surface area contributed by atoms with E-state index in [-0.39, 0.29) is 11.6 Å². The lowest BCUT2D eigenvalue weighted by molar-refractivity contribution is -0.146. The molecule has 0 aromatic carbocycles. The smallest absolute Gasteiger partial charge is 0.352 e. The van der Waals surface area contributed by atoms with E-state index in [1.165, 1.54) is 0 Å². The molecule has 0 amide bonds. The lowest BCUT2D eigenvalue weighted by Gasteiger charge is -2.20. The highest BCUT2D eigenvalue weighted by molar-refractivity contribution is 6.36. The van der Waals surface area contributed by atoms with E-state index >= 15 is 0 Å². The second-order valence-electron chi connectivity index (χ2n) is 4.02. The molecule has 0 saturated heterocycles. The Hall–Kier alpha value is -0.860. The molecule has 3 heteroatoms. The van der Waals surface area contributed by atoms with Crippen molar-refractivity contribution >= 4 is 11.7 Å². The molecule has 1 radical (unpaired) electrons. The maximum atomic E-state index is 11.3. The molecule has 0 aliphatic carbocycles. The van der Waals surface area contributed by atoms with E-state index in [9.17, 15) is 4.79 Å². The Balaban J connectivity index is 4.21. The number of ether oxygens (including phenoxy) is 1. The molecule has 0 saturated carbocycles. The standard InChI is InChI=1S/C10H18NO2/c1-6-7(2)8(11)9(12)13-10(3,4)5/h7,11H,2,6H2,1,3-5H3. The molecule has 3 nitrogen and oxygen atoms in total. The molecule has 1 unspecified atom stereocenters. The van der Waals surface area contributed by atoms with Crippen molar-refractivity contribution in [3.63, 3.8) is 0 Å². The summed E-state index contributed by atoms with van der Waals surface area (Å²) >= 11 is 0. The van der Waals surface area contributed by atoms with Crippen molar-refractivity contribution in [1.82, 2.24) is 0 Å². The normalized spacial score (nSPS) is 13.6. The largest absolute Gasteiger partial charge is 0.455 e. The molecule has 0 bridgehead atoms. The molecule has 0 aliphatic rings. The van der Waals surface area contributed by atoms with E-state index < -0.39 is 11.6 Å². The summed E-state index contributed by atoms with van der Waals surface area (Å²) in [6, 6.07) is 0. The fourth-order valence-electron chi connectivity index (χ4n) is 0.704. The number of nitrogens with one attached hydrogen (secondary N) is 1. The van der Waals surface area contributed by atoms with E-state index in [2.05, 4.69) is 6.92 Å². The molecule has 0 spiro atoms. The van der Waals surface area contributed by atoms with Crippen molar-refractivity contribution in [3.05, 3.63) is 6.92 Å². The first-order chi connectivity index (χ1) is 5.78. The van der Waals surface area contributed by atoms with Crippen LogP contribution < -0.4 is 0 Å². The molecule has 0 aromatic rings. The third kappa shape index (κ3) is 4.65. The van der Waals surface area contributed by atoms with Gasteiger partial charge in [0.2, 0.25) is 0 Å². The van der Waals surface area contributed by atoms with E-state index in [0.717, 1.165) is 0 Å². The highest BCUT2D eigenvalue weighted by Gasteiger charge is 2.22.